The SMILES string of the molecule is O=C(COC(=O)c1cnccn1)NNC(=O)c1ccco1. The molecule has 2 heterocycles. The second-order valence-electron chi connectivity index (χ2n) is 3.65. The number of carbonyl (C=O) groups excluding carboxylic acids is 3. The van der Waals surface area contributed by atoms with E-state index in [1.54, 1.807) is 0 Å². The molecular weight excluding hydrogens is 280 g/mol. The molecule has 0 radical (unpaired) electrons. The van der Waals surface area contributed by atoms with E-state index < -0.39 is 24.4 Å². The van der Waals surface area contributed by atoms with Gasteiger partial charge in [0.25, 0.3) is 5.91 Å². The van der Waals surface area contributed by atoms with Crippen molar-refractivity contribution in [3.63, 3.8) is 0 Å². The molecule has 2 amide bonds. The summed E-state index contributed by atoms with van der Waals surface area (Å²) in [4.78, 5) is 41.7. The first-order valence-corrected chi connectivity index (χ1v) is 5.72. The minimum absolute atomic E-state index is 0.0232. The Morgan fingerprint density at radius 1 is 1.24 bits per heavy atom. The van der Waals surface area contributed by atoms with Crippen molar-refractivity contribution < 1.29 is 23.5 Å². The lowest BCUT2D eigenvalue weighted by molar-refractivity contribution is -0.125. The van der Waals surface area contributed by atoms with E-state index in [0.29, 0.717) is 0 Å². The van der Waals surface area contributed by atoms with Crippen molar-refractivity contribution >= 4 is 17.8 Å². The molecular formula is C12H10N4O5. The Labute approximate surface area is 118 Å². The average Bonchev–Trinajstić information content (AvgIpc) is 3.05. The summed E-state index contributed by atoms with van der Waals surface area (Å²) in [7, 11) is 0. The van der Waals surface area contributed by atoms with Crippen LogP contribution >= 0.6 is 0 Å². The van der Waals surface area contributed by atoms with E-state index in [1.165, 1.54) is 37.0 Å². The van der Waals surface area contributed by atoms with Crippen LogP contribution in [0, 0.1) is 0 Å². The van der Waals surface area contributed by atoms with Crippen LogP contribution in [0.2, 0.25) is 0 Å². The highest BCUT2D eigenvalue weighted by molar-refractivity contribution is 5.93. The summed E-state index contributed by atoms with van der Waals surface area (Å²) in [5.74, 6) is -2.11. The standard InChI is InChI=1S/C12H10N4O5/c17-10(15-16-11(18)9-2-1-5-20-9)7-21-12(19)8-6-13-3-4-14-8/h1-6H,7H2,(H,15,17)(H,16,18). The molecule has 0 atom stereocenters. The first kappa shape index (κ1) is 14.2. The van der Waals surface area contributed by atoms with E-state index >= 15 is 0 Å². The normalized spacial score (nSPS) is 9.71. The predicted octanol–water partition coefficient (Wildman–Crippen LogP) is -0.312. The number of nitrogens with zero attached hydrogens (tertiary/aromatic N) is 2. The quantitative estimate of drug-likeness (QED) is 0.584. The first-order chi connectivity index (χ1) is 10.2. The number of esters is 1. The molecule has 0 saturated heterocycles. The number of furan rings is 1. The summed E-state index contributed by atoms with van der Waals surface area (Å²) < 4.78 is 9.50. The molecule has 0 aliphatic rings. The van der Waals surface area contributed by atoms with E-state index in [9.17, 15) is 14.4 Å². The lowest BCUT2D eigenvalue weighted by Crippen LogP contribution is -2.43. The molecule has 0 spiro atoms. The molecule has 0 fully saturated rings. The molecule has 9 nitrogen and oxygen atoms in total. The van der Waals surface area contributed by atoms with Crippen molar-refractivity contribution in [1.82, 2.24) is 20.8 Å². The van der Waals surface area contributed by atoms with Crippen LogP contribution in [-0.4, -0.2) is 34.4 Å². The van der Waals surface area contributed by atoms with E-state index in [-0.39, 0.29) is 11.5 Å². The van der Waals surface area contributed by atoms with Crippen molar-refractivity contribution in [2.45, 2.75) is 0 Å². The zero-order valence-electron chi connectivity index (χ0n) is 10.6. The zero-order valence-corrected chi connectivity index (χ0v) is 10.6. The molecule has 0 aromatic carbocycles. The van der Waals surface area contributed by atoms with Crippen molar-refractivity contribution in [2.24, 2.45) is 0 Å². The topological polar surface area (TPSA) is 123 Å². The summed E-state index contributed by atoms with van der Waals surface area (Å²) in [5, 5.41) is 0. The molecule has 2 aromatic rings. The number of hydrogen-bond acceptors (Lipinski definition) is 7. The Balaban J connectivity index is 1.73. The molecule has 9 heteroatoms. The van der Waals surface area contributed by atoms with Crippen molar-refractivity contribution in [1.29, 1.82) is 0 Å². The predicted molar refractivity (Wildman–Crippen MR) is 66.6 cm³/mol. The second kappa shape index (κ2) is 6.80. The van der Waals surface area contributed by atoms with Gasteiger partial charge in [-0.2, -0.15) is 0 Å². The number of rotatable bonds is 4. The van der Waals surface area contributed by atoms with E-state index in [0.717, 1.165) is 0 Å². The molecule has 2 rings (SSSR count). The summed E-state index contributed by atoms with van der Waals surface area (Å²) in [6.45, 7) is -0.576. The van der Waals surface area contributed by atoms with Crippen LogP contribution in [-0.2, 0) is 9.53 Å². The number of carbonyl (C=O) groups is 3. The van der Waals surface area contributed by atoms with Crippen LogP contribution in [0.5, 0.6) is 0 Å². The molecule has 21 heavy (non-hydrogen) atoms. The Morgan fingerprint density at radius 3 is 2.76 bits per heavy atom. The molecule has 2 N–H and O–H groups in total. The number of ether oxygens (including phenoxy) is 1. The highest BCUT2D eigenvalue weighted by Gasteiger charge is 2.13. The smallest absolute Gasteiger partial charge is 0.359 e. The van der Waals surface area contributed by atoms with Gasteiger partial charge in [-0.15, -0.1) is 0 Å². The molecule has 0 unspecified atom stereocenters. The Bertz CT molecular complexity index is 626. The highest BCUT2D eigenvalue weighted by Crippen LogP contribution is 1.98. The first-order valence-electron chi connectivity index (χ1n) is 5.72. The van der Waals surface area contributed by atoms with Gasteiger partial charge >= 0.3 is 11.9 Å². The van der Waals surface area contributed by atoms with Crippen LogP contribution in [0.3, 0.4) is 0 Å². The average molecular weight is 290 g/mol. The Morgan fingerprint density at radius 2 is 2.10 bits per heavy atom. The highest BCUT2D eigenvalue weighted by atomic mass is 16.5. The zero-order chi connectivity index (χ0) is 15.1. The third kappa shape index (κ3) is 4.13. The molecule has 0 saturated carbocycles. The fourth-order valence-electron chi connectivity index (χ4n) is 1.24. The van der Waals surface area contributed by atoms with Crippen LogP contribution in [0.25, 0.3) is 0 Å². The maximum absolute atomic E-state index is 11.5. The maximum atomic E-state index is 11.5. The molecule has 108 valence electrons. The Hall–Kier alpha value is -3.23. The van der Waals surface area contributed by atoms with Gasteiger partial charge in [0.1, 0.15) is 0 Å². The van der Waals surface area contributed by atoms with Gasteiger partial charge in [0.05, 0.1) is 12.5 Å². The number of hydrogen-bond donors (Lipinski definition) is 2. The van der Waals surface area contributed by atoms with Crippen LogP contribution in [0.4, 0.5) is 0 Å². The number of aromatic nitrogens is 2. The monoisotopic (exact) mass is 290 g/mol. The van der Waals surface area contributed by atoms with Gasteiger partial charge in [0.2, 0.25) is 0 Å². The van der Waals surface area contributed by atoms with E-state index in [1.807, 2.05) is 0 Å². The van der Waals surface area contributed by atoms with Crippen molar-refractivity contribution in [3.05, 3.63) is 48.4 Å². The minimum atomic E-state index is -0.796. The van der Waals surface area contributed by atoms with Gasteiger partial charge in [0.15, 0.2) is 18.1 Å². The van der Waals surface area contributed by atoms with Gasteiger partial charge in [0, 0.05) is 12.4 Å². The lowest BCUT2D eigenvalue weighted by Gasteiger charge is -2.06. The fourth-order valence-corrected chi connectivity index (χ4v) is 1.24. The maximum Gasteiger partial charge on any atom is 0.359 e. The van der Waals surface area contributed by atoms with Gasteiger partial charge in [-0.1, -0.05) is 0 Å². The van der Waals surface area contributed by atoms with E-state index in [2.05, 4.69) is 25.6 Å². The summed E-state index contributed by atoms with van der Waals surface area (Å²) in [6.07, 6.45) is 5.24. The number of hydrazine groups is 1. The van der Waals surface area contributed by atoms with Crippen LogP contribution in [0.1, 0.15) is 21.0 Å². The van der Waals surface area contributed by atoms with Gasteiger partial charge < -0.3 is 9.15 Å². The van der Waals surface area contributed by atoms with Crippen LogP contribution < -0.4 is 10.9 Å². The Kier molecular flexibility index (Phi) is 4.59. The van der Waals surface area contributed by atoms with Crippen molar-refractivity contribution in [3.8, 4) is 0 Å². The van der Waals surface area contributed by atoms with Crippen LogP contribution in [0.15, 0.2) is 41.4 Å². The van der Waals surface area contributed by atoms with E-state index in [4.69, 9.17) is 4.42 Å². The third-order valence-electron chi connectivity index (χ3n) is 2.17. The molecule has 0 aliphatic carbocycles. The fraction of sp³-hybridized carbons (Fsp3) is 0.0833. The summed E-state index contributed by atoms with van der Waals surface area (Å²) in [5.41, 5.74) is 4.14. The van der Waals surface area contributed by atoms with Gasteiger partial charge in [-0.25, -0.2) is 9.78 Å². The van der Waals surface area contributed by atoms with Gasteiger partial charge in [-0.3, -0.25) is 25.4 Å². The largest absolute Gasteiger partial charge is 0.459 e. The number of nitrogens with one attached hydrogen (secondary N) is 2. The molecule has 0 aliphatic heterocycles. The van der Waals surface area contributed by atoms with Gasteiger partial charge in [-0.05, 0) is 12.1 Å². The summed E-state index contributed by atoms with van der Waals surface area (Å²) >= 11 is 0. The molecule has 0 bridgehead atoms. The molecule has 2 aromatic heterocycles. The minimum Gasteiger partial charge on any atom is -0.459 e. The third-order valence-corrected chi connectivity index (χ3v) is 2.17. The summed E-state index contributed by atoms with van der Waals surface area (Å²) in [6, 6.07) is 2.95. The van der Waals surface area contributed by atoms with Crippen molar-refractivity contribution in [2.75, 3.05) is 6.61 Å². The second-order valence-corrected chi connectivity index (χ2v) is 3.65. The lowest BCUT2D eigenvalue weighted by atomic mass is 10.4. The number of amides is 2.